The van der Waals surface area contributed by atoms with Crippen LogP contribution in [0.25, 0.3) is 27.1 Å². The summed E-state index contributed by atoms with van der Waals surface area (Å²) >= 11 is 10.6. The van der Waals surface area contributed by atoms with Crippen molar-refractivity contribution in [2.75, 3.05) is 0 Å². The average molecular weight is 414 g/mol. The van der Waals surface area contributed by atoms with Crippen molar-refractivity contribution < 1.29 is 4.39 Å². The summed E-state index contributed by atoms with van der Waals surface area (Å²) in [5.74, 6) is 0.106. The van der Waals surface area contributed by atoms with Crippen molar-refractivity contribution in [3.05, 3.63) is 39.7 Å². The van der Waals surface area contributed by atoms with Crippen molar-refractivity contribution in [3.8, 4) is 22.1 Å². The van der Waals surface area contributed by atoms with Gasteiger partial charge in [-0.3, -0.25) is 4.68 Å². The largest absolute Gasteiger partial charge is 0.263 e. The van der Waals surface area contributed by atoms with Gasteiger partial charge in [0.1, 0.15) is 11.5 Å². The van der Waals surface area contributed by atoms with Gasteiger partial charge in [-0.1, -0.05) is 38.9 Å². The highest BCUT2D eigenvalue weighted by Gasteiger charge is 2.20. The third-order valence-electron chi connectivity index (χ3n) is 3.26. The Hall–Kier alpha value is -1.84. The van der Waals surface area contributed by atoms with Gasteiger partial charge in [-0.05, 0) is 18.2 Å². The van der Waals surface area contributed by atoms with Crippen LogP contribution in [0.1, 0.15) is 0 Å². The van der Waals surface area contributed by atoms with E-state index in [2.05, 4.69) is 36.3 Å². The molecular weight excluding hydrogens is 407 g/mol. The average Bonchev–Trinajstić information content (AvgIpc) is 3.15. The highest BCUT2D eigenvalue weighted by molar-refractivity contribution is 9.10. The van der Waals surface area contributed by atoms with Gasteiger partial charge in [-0.15, -0.1) is 10.2 Å². The molecule has 3 heterocycles. The molecule has 23 heavy (non-hydrogen) atoms. The lowest BCUT2D eigenvalue weighted by molar-refractivity contribution is 0.630. The Morgan fingerprint density at radius 1 is 1.30 bits per heavy atom. The van der Waals surface area contributed by atoms with Crippen molar-refractivity contribution in [1.82, 2.24) is 29.6 Å². The van der Waals surface area contributed by atoms with Gasteiger partial charge in [-0.2, -0.15) is 14.7 Å². The molecule has 0 aliphatic heterocycles. The molecule has 4 rings (SSSR count). The molecule has 10 heteroatoms. The standard InChI is InChI=1S/C13H7BrClFN6S/c1-21-10(8(15)5-17-21)11-18-19-13-22(11)20-12(23-13)7-3-2-6(14)4-9(7)16/h2-5H,1H3. The van der Waals surface area contributed by atoms with Crippen LogP contribution in [-0.2, 0) is 7.05 Å². The molecule has 0 radical (unpaired) electrons. The normalized spacial score (nSPS) is 11.5. The topological polar surface area (TPSA) is 60.9 Å². The maximum atomic E-state index is 14.1. The Bertz CT molecular complexity index is 1020. The van der Waals surface area contributed by atoms with Gasteiger partial charge in [0.25, 0.3) is 0 Å². The molecule has 4 aromatic rings. The molecule has 0 amide bonds. The fraction of sp³-hybridized carbons (Fsp3) is 0.0769. The van der Waals surface area contributed by atoms with Crippen LogP contribution in [0.2, 0.25) is 5.02 Å². The van der Waals surface area contributed by atoms with Crippen molar-refractivity contribution in [1.29, 1.82) is 0 Å². The molecule has 0 saturated heterocycles. The summed E-state index contributed by atoms with van der Waals surface area (Å²) in [5.41, 5.74) is 1.01. The number of aromatic nitrogens is 6. The summed E-state index contributed by atoms with van der Waals surface area (Å²) in [5, 5.41) is 17.7. The van der Waals surface area contributed by atoms with Crippen LogP contribution >= 0.6 is 38.9 Å². The van der Waals surface area contributed by atoms with Crippen molar-refractivity contribution in [2.45, 2.75) is 0 Å². The zero-order valence-corrected chi connectivity index (χ0v) is 14.7. The lowest BCUT2D eigenvalue weighted by atomic mass is 10.2. The van der Waals surface area contributed by atoms with Gasteiger partial charge < -0.3 is 0 Å². The first-order chi connectivity index (χ1) is 11.0. The van der Waals surface area contributed by atoms with Crippen LogP contribution in [0.15, 0.2) is 28.9 Å². The maximum Gasteiger partial charge on any atom is 0.235 e. The zero-order chi connectivity index (χ0) is 16.1. The van der Waals surface area contributed by atoms with Gasteiger partial charge in [0.2, 0.25) is 10.8 Å². The molecule has 6 nitrogen and oxygen atoms in total. The van der Waals surface area contributed by atoms with Crippen molar-refractivity contribution in [2.24, 2.45) is 7.05 Å². The molecule has 0 aliphatic carbocycles. The maximum absolute atomic E-state index is 14.1. The summed E-state index contributed by atoms with van der Waals surface area (Å²) in [7, 11) is 1.75. The number of hydrogen-bond acceptors (Lipinski definition) is 5. The number of aryl methyl sites for hydroxylation is 1. The molecule has 1 aromatic carbocycles. The summed E-state index contributed by atoms with van der Waals surface area (Å²) < 4.78 is 17.9. The highest BCUT2D eigenvalue weighted by Crippen LogP contribution is 2.32. The first-order valence-electron chi connectivity index (χ1n) is 6.40. The monoisotopic (exact) mass is 412 g/mol. The van der Waals surface area contributed by atoms with Crippen molar-refractivity contribution >= 4 is 43.8 Å². The number of rotatable bonds is 2. The van der Waals surface area contributed by atoms with Crippen LogP contribution in [-0.4, -0.2) is 29.6 Å². The van der Waals surface area contributed by atoms with E-state index in [1.807, 2.05) is 0 Å². The summed E-state index contributed by atoms with van der Waals surface area (Å²) in [6, 6.07) is 4.83. The van der Waals surface area contributed by atoms with Gasteiger partial charge in [0.15, 0.2) is 5.01 Å². The number of hydrogen-bond donors (Lipinski definition) is 0. The minimum atomic E-state index is -0.357. The molecule has 0 unspecified atom stereocenters. The van der Waals surface area contributed by atoms with Crippen LogP contribution in [0, 0.1) is 5.82 Å². The van der Waals surface area contributed by atoms with Crippen LogP contribution in [0.3, 0.4) is 0 Å². The second-order valence-corrected chi connectivity index (χ2v) is 6.99. The van der Waals surface area contributed by atoms with Gasteiger partial charge in [-0.25, -0.2) is 4.39 Å². The van der Waals surface area contributed by atoms with E-state index >= 15 is 0 Å². The van der Waals surface area contributed by atoms with E-state index in [1.54, 1.807) is 28.4 Å². The Labute approximate surface area is 146 Å². The highest BCUT2D eigenvalue weighted by atomic mass is 79.9. The zero-order valence-electron chi connectivity index (χ0n) is 11.5. The van der Waals surface area contributed by atoms with E-state index in [4.69, 9.17) is 11.6 Å². The minimum absolute atomic E-state index is 0.357. The molecule has 0 aliphatic rings. The second kappa shape index (κ2) is 5.36. The second-order valence-electron chi connectivity index (χ2n) is 4.71. The lowest BCUT2D eigenvalue weighted by Gasteiger charge is -2.00. The number of benzene rings is 1. The third-order valence-corrected chi connectivity index (χ3v) is 4.96. The predicted molar refractivity (Wildman–Crippen MR) is 89.0 cm³/mol. The molecular formula is C13H7BrClFN6S. The smallest absolute Gasteiger partial charge is 0.235 e. The molecule has 116 valence electrons. The summed E-state index contributed by atoms with van der Waals surface area (Å²) in [4.78, 5) is 0.551. The lowest BCUT2D eigenvalue weighted by Crippen LogP contribution is -1.99. The minimum Gasteiger partial charge on any atom is -0.263 e. The van der Waals surface area contributed by atoms with Crippen LogP contribution in [0.4, 0.5) is 4.39 Å². The molecule has 0 bridgehead atoms. The Balaban J connectivity index is 1.90. The van der Waals surface area contributed by atoms with Crippen molar-refractivity contribution in [3.63, 3.8) is 0 Å². The molecule has 0 atom stereocenters. The van der Waals surface area contributed by atoms with Gasteiger partial charge >= 0.3 is 0 Å². The van der Waals surface area contributed by atoms with E-state index in [0.29, 0.717) is 36.5 Å². The quantitative estimate of drug-likeness (QED) is 0.501. The Kier molecular flexibility index (Phi) is 3.43. The molecule has 3 aromatic heterocycles. The SMILES string of the molecule is Cn1ncc(Cl)c1-c1nnc2sc(-c3ccc(Br)cc3F)nn12. The van der Waals surface area contributed by atoms with E-state index in [-0.39, 0.29) is 5.82 Å². The number of halogens is 3. The molecule has 0 saturated carbocycles. The number of nitrogens with zero attached hydrogens (tertiary/aromatic N) is 6. The van der Waals surface area contributed by atoms with E-state index in [1.165, 1.54) is 23.6 Å². The molecule has 0 fully saturated rings. The third kappa shape index (κ3) is 2.35. The van der Waals surface area contributed by atoms with Gasteiger partial charge in [0, 0.05) is 17.1 Å². The first-order valence-corrected chi connectivity index (χ1v) is 8.39. The predicted octanol–water partition coefficient (Wildman–Crippen LogP) is 3.81. The van der Waals surface area contributed by atoms with E-state index < -0.39 is 0 Å². The van der Waals surface area contributed by atoms with Crippen LogP contribution < -0.4 is 0 Å². The first kappa shape index (κ1) is 14.7. The summed E-state index contributed by atoms with van der Waals surface area (Å²) in [6.07, 6.45) is 1.53. The molecule has 0 N–H and O–H groups in total. The Morgan fingerprint density at radius 2 is 2.13 bits per heavy atom. The fourth-order valence-corrected chi connectivity index (χ4v) is 3.65. The Morgan fingerprint density at radius 3 is 2.83 bits per heavy atom. The van der Waals surface area contributed by atoms with Gasteiger partial charge in [0.05, 0.1) is 11.2 Å². The molecule has 0 spiro atoms. The summed E-state index contributed by atoms with van der Waals surface area (Å²) in [6.45, 7) is 0. The fourth-order valence-electron chi connectivity index (χ4n) is 2.20. The van der Waals surface area contributed by atoms with E-state index in [9.17, 15) is 4.39 Å². The van der Waals surface area contributed by atoms with E-state index in [0.717, 1.165) is 0 Å². The van der Waals surface area contributed by atoms with Crippen LogP contribution in [0.5, 0.6) is 0 Å². The number of fused-ring (bicyclic) bond motifs is 1.